The highest BCUT2D eigenvalue weighted by Crippen LogP contribution is 2.36. The third-order valence-electron chi connectivity index (χ3n) is 4.09. The second-order valence-corrected chi connectivity index (χ2v) is 5.53. The number of nitrogens with zero attached hydrogens (tertiary/aromatic N) is 2. The molecule has 3 rings (SSSR count). The predicted molar refractivity (Wildman–Crippen MR) is 77.4 cm³/mol. The fraction of sp³-hybridized carbons (Fsp3) is 0.500. The van der Waals surface area contributed by atoms with Crippen molar-refractivity contribution in [2.24, 2.45) is 5.73 Å². The number of hydrogen-bond acceptors (Lipinski definition) is 4. The first-order chi connectivity index (χ1) is 9.79. The molecule has 0 saturated heterocycles. The standard InChI is InChI=1S/C16H21N3O/c1-2-3-8-14(17)16-18-15(19-20-16)13-10-9-11-6-4-5-7-12(11)13/h4-7,13-14H,2-3,8-10,17H2,1H3. The van der Waals surface area contributed by atoms with E-state index in [2.05, 4.69) is 41.3 Å². The highest BCUT2D eigenvalue weighted by Gasteiger charge is 2.28. The van der Waals surface area contributed by atoms with Gasteiger partial charge in [-0.15, -0.1) is 0 Å². The van der Waals surface area contributed by atoms with Crippen LogP contribution in [0.5, 0.6) is 0 Å². The van der Waals surface area contributed by atoms with E-state index in [4.69, 9.17) is 10.3 Å². The van der Waals surface area contributed by atoms with Gasteiger partial charge in [0.25, 0.3) is 0 Å². The maximum atomic E-state index is 6.09. The van der Waals surface area contributed by atoms with Gasteiger partial charge in [0.1, 0.15) is 0 Å². The van der Waals surface area contributed by atoms with Gasteiger partial charge in [-0.25, -0.2) is 0 Å². The Morgan fingerprint density at radius 1 is 1.40 bits per heavy atom. The molecule has 0 aliphatic heterocycles. The molecule has 1 heterocycles. The van der Waals surface area contributed by atoms with Crippen LogP contribution in [-0.4, -0.2) is 10.1 Å². The lowest BCUT2D eigenvalue weighted by molar-refractivity contribution is 0.341. The summed E-state index contributed by atoms with van der Waals surface area (Å²) in [6, 6.07) is 8.38. The maximum absolute atomic E-state index is 6.09. The summed E-state index contributed by atoms with van der Waals surface area (Å²) in [4.78, 5) is 4.54. The van der Waals surface area contributed by atoms with Gasteiger partial charge in [0, 0.05) is 5.92 Å². The number of rotatable bonds is 5. The third kappa shape index (κ3) is 2.48. The van der Waals surface area contributed by atoms with Crippen molar-refractivity contribution in [2.75, 3.05) is 0 Å². The van der Waals surface area contributed by atoms with Crippen LogP contribution >= 0.6 is 0 Å². The van der Waals surface area contributed by atoms with Crippen molar-refractivity contribution in [3.05, 3.63) is 47.1 Å². The number of benzene rings is 1. The molecular weight excluding hydrogens is 250 g/mol. The van der Waals surface area contributed by atoms with Gasteiger partial charge in [-0.05, 0) is 30.4 Å². The van der Waals surface area contributed by atoms with Gasteiger partial charge in [0.2, 0.25) is 5.89 Å². The molecule has 4 nitrogen and oxygen atoms in total. The van der Waals surface area contributed by atoms with E-state index in [9.17, 15) is 0 Å². The van der Waals surface area contributed by atoms with Gasteiger partial charge < -0.3 is 10.3 Å². The average molecular weight is 271 g/mol. The zero-order chi connectivity index (χ0) is 13.9. The smallest absolute Gasteiger partial charge is 0.243 e. The summed E-state index contributed by atoms with van der Waals surface area (Å²) in [6.45, 7) is 2.15. The minimum atomic E-state index is -0.132. The van der Waals surface area contributed by atoms with E-state index in [-0.39, 0.29) is 12.0 Å². The lowest BCUT2D eigenvalue weighted by atomic mass is 10.0. The van der Waals surface area contributed by atoms with Crippen LogP contribution < -0.4 is 5.73 Å². The van der Waals surface area contributed by atoms with Gasteiger partial charge in [0.05, 0.1) is 6.04 Å². The molecule has 0 bridgehead atoms. The van der Waals surface area contributed by atoms with Crippen molar-refractivity contribution in [3.8, 4) is 0 Å². The topological polar surface area (TPSA) is 64.9 Å². The first-order valence-corrected chi connectivity index (χ1v) is 7.46. The highest BCUT2D eigenvalue weighted by molar-refractivity contribution is 5.38. The Bertz CT molecular complexity index is 579. The molecular formula is C16H21N3O. The molecule has 0 radical (unpaired) electrons. The van der Waals surface area contributed by atoms with Gasteiger partial charge in [-0.2, -0.15) is 4.98 Å². The van der Waals surface area contributed by atoms with Crippen LogP contribution in [0.2, 0.25) is 0 Å². The van der Waals surface area contributed by atoms with Crippen LogP contribution in [0.25, 0.3) is 0 Å². The van der Waals surface area contributed by atoms with Crippen LogP contribution in [0.1, 0.15) is 67.4 Å². The van der Waals surface area contributed by atoms with E-state index >= 15 is 0 Å². The fourth-order valence-corrected chi connectivity index (χ4v) is 2.91. The van der Waals surface area contributed by atoms with Gasteiger partial charge in [0.15, 0.2) is 5.82 Å². The minimum absolute atomic E-state index is 0.132. The SMILES string of the molecule is CCCCC(N)c1nc(C2CCc3ccccc32)no1. The number of hydrogen-bond donors (Lipinski definition) is 1. The van der Waals surface area contributed by atoms with Crippen LogP contribution in [0.15, 0.2) is 28.8 Å². The Morgan fingerprint density at radius 3 is 3.10 bits per heavy atom. The molecule has 2 aromatic rings. The Morgan fingerprint density at radius 2 is 2.25 bits per heavy atom. The fourth-order valence-electron chi connectivity index (χ4n) is 2.91. The highest BCUT2D eigenvalue weighted by atomic mass is 16.5. The third-order valence-corrected chi connectivity index (χ3v) is 4.09. The number of unbranched alkanes of at least 4 members (excludes halogenated alkanes) is 1. The molecule has 0 amide bonds. The number of fused-ring (bicyclic) bond motifs is 1. The van der Waals surface area contributed by atoms with Crippen molar-refractivity contribution >= 4 is 0 Å². The molecule has 20 heavy (non-hydrogen) atoms. The van der Waals surface area contributed by atoms with E-state index in [0.717, 1.165) is 37.9 Å². The molecule has 4 heteroatoms. The normalized spacial score (nSPS) is 19.0. The van der Waals surface area contributed by atoms with E-state index in [1.54, 1.807) is 0 Å². The number of aryl methyl sites for hydroxylation is 1. The van der Waals surface area contributed by atoms with E-state index in [0.29, 0.717) is 5.89 Å². The van der Waals surface area contributed by atoms with Gasteiger partial charge in [-0.3, -0.25) is 0 Å². The summed E-state index contributed by atoms with van der Waals surface area (Å²) in [6.07, 6.45) is 5.27. The van der Waals surface area contributed by atoms with Crippen molar-refractivity contribution in [1.29, 1.82) is 0 Å². The Labute approximate surface area is 119 Å². The second-order valence-electron chi connectivity index (χ2n) is 5.53. The number of aromatic nitrogens is 2. The summed E-state index contributed by atoms with van der Waals surface area (Å²) < 4.78 is 5.36. The lowest BCUT2D eigenvalue weighted by Crippen LogP contribution is -2.10. The molecule has 2 unspecified atom stereocenters. The first kappa shape index (κ1) is 13.3. The van der Waals surface area contributed by atoms with E-state index in [1.807, 2.05) is 0 Å². The van der Waals surface area contributed by atoms with E-state index < -0.39 is 0 Å². The Balaban J connectivity index is 1.78. The second kappa shape index (κ2) is 5.75. The van der Waals surface area contributed by atoms with Crippen molar-refractivity contribution in [1.82, 2.24) is 10.1 Å². The maximum Gasteiger partial charge on any atom is 0.243 e. The molecule has 0 saturated carbocycles. The minimum Gasteiger partial charge on any atom is -0.338 e. The average Bonchev–Trinajstić information content (AvgIpc) is 3.10. The Kier molecular flexibility index (Phi) is 3.83. The summed E-state index contributed by atoms with van der Waals surface area (Å²) in [5, 5.41) is 4.16. The number of nitrogens with two attached hydrogens (primary N) is 1. The van der Waals surface area contributed by atoms with Crippen molar-refractivity contribution in [2.45, 2.75) is 51.0 Å². The Hall–Kier alpha value is -1.68. The van der Waals surface area contributed by atoms with Crippen LogP contribution in [0.3, 0.4) is 0 Å². The summed E-state index contributed by atoms with van der Waals surface area (Å²) in [5.74, 6) is 1.64. The largest absolute Gasteiger partial charge is 0.338 e. The molecule has 0 spiro atoms. The van der Waals surface area contributed by atoms with Crippen molar-refractivity contribution in [3.63, 3.8) is 0 Å². The van der Waals surface area contributed by atoms with Gasteiger partial charge in [-0.1, -0.05) is 49.2 Å². The molecule has 1 aromatic carbocycles. The predicted octanol–water partition coefficient (Wildman–Crippen LogP) is 3.34. The molecule has 106 valence electrons. The quantitative estimate of drug-likeness (QED) is 0.905. The monoisotopic (exact) mass is 271 g/mol. The molecule has 2 N–H and O–H groups in total. The first-order valence-electron chi connectivity index (χ1n) is 7.46. The summed E-state index contributed by atoms with van der Waals surface area (Å²) >= 11 is 0. The molecule has 1 aromatic heterocycles. The summed E-state index contributed by atoms with van der Waals surface area (Å²) in [5.41, 5.74) is 8.83. The molecule has 1 aliphatic rings. The molecule has 1 aliphatic carbocycles. The van der Waals surface area contributed by atoms with Crippen LogP contribution in [0, 0.1) is 0 Å². The van der Waals surface area contributed by atoms with E-state index in [1.165, 1.54) is 11.1 Å². The molecule has 0 fully saturated rings. The van der Waals surface area contributed by atoms with Crippen molar-refractivity contribution < 1.29 is 4.52 Å². The zero-order valence-corrected chi connectivity index (χ0v) is 11.9. The molecule has 2 atom stereocenters. The van der Waals surface area contributed by atoms with Crippen LogP contribution in [0.4, 0.5) is 0 Å². The van der Waals surface area contributed by atoms with Gasteiger partial charge >= 0.3 is 0 Å². The van der Waals surface area contributed by atoms with Crippen LogP contribution in [-0.2, 0) is 6.42 Å². The zero-order valence-electron chi connectivity index (χ0n) is 11.9. The summed E-state index contributed by atoms with van der Waals surface area (Å²) in [7, 11) is 0. The lowest BCUT2D eigenvalue weighted by Gasteiger charge is -2.06.